The summed E-state index contributed by atoms with van der Waals surface area (Å²) in [6.07, 6.45) is 8.85. The van der Waals surface area contributed by atoms with E-state index in [-0.39, 0.29) is 0 Å². The van der Waals surface area contributed by atoms with Gasteiger partial charge in [-0.1, -0.05) is 18.2 Å². The predicted octanol–water partition coefficient (Wildman–Crippen LogP) is 2.14. The normalized spacial score (nSPS) is 26.6. The minimum absolute atomic E-state index is 0.831. The maximum Gasteiger partial charge on any atom is -0.0164 e. The second-order valence-corrected chi connectivity index (χ2v) is 1.95. The summed E-state index contributed by atoms with van der Waals surface area (Å²) in [4.78, 5) is 0. The van der Waals surface area contributed by atoms with Crippen LogP contribution >= 0.6 is 0 Å². The molecule has 0 heteroatoms. The van der Waals surface area contributed by atoms with Crippen molar-refractivity contribution < 1.29 is 0 Å². The van der Waals surface area contributed by atoms with Gasteiger partial charge in [-0.2, -0.15) is 0 Å². The van der Waals surface area contributed by atoms with Crippen LogP contribution in [0.5, 0.6) is 0 Å². The van der Waals surface area contributed by atoms with Crippen LogP contribution in [0.2, 0.25) is 0 Å². The molecule has 1 aliphatic rings. The van der Waals surface area contributed by atoms with Crippen molar-refractivity contribution in [3.63, 3.8) is 0 Å². The van der Waals surface area contributed by atoms with Crippen molar-refractivity contribution in [2.24, 2.45) is 5.92 Å². The van der Waals surface area contributed by atoms with Gasteiger partial charge in [0, 0.05) is 0 Å². The standard InChI is InChI=1S/C7H10/c1-2-4-7-5-3-6-7/h2-3,5,7H,1,4,6H2. The molecule has 0 aromatic carbocycles. The molecule has 0 spiro atoms. The van der Waals surface area contributed by atoms with Gasteiger partial charge in [0.1, 0.15) is 0 Å². The van der Waals surface area contributed by atoms with Gasteiger partial charge in [-0.05, 0) is 18.8 Å². The lowest BCUT2D eigenvalue weighted by atomic mass is 9.92. The van der Waals surface area contributed by atoms with Crippen LogP contribution in [0, 0.1) is 5.92 Å². The molecule has 0 N–H and O–H groups in total. The zero-order valence-electron chi connectivity index (χ0n) is 4.43. The summed E-state index contributed by atoms with van der Waals surface area (Å²) in [6, 6.07) is 0. The van der Waals surface area contributed by atoms with E-state index in [9.17, 15) is 0 Å². The van der Waals surface area contributed by atoms with Crippen LogP contribution in [-0.4, -0.2) is 0 Å². The first kappa shape index (κ1) is 4.63. The van der Waals surface area contributed by atoms with Gasteiger partial charge in [-0.3, -0.25) is 0 Å². The summed E-state index contributed by atoms with van der Waals surface area (Å²) in [7, 11) is 0. The van der Waals surface area contributed by atoms with Gasteiger partial charge in [0.15, 0.2) is 0 Å². The quantitative estimate of drug-likeness (QED) is 0.460. The number of hydrogen-bond acceptors (Lipinski definition) is 0. The predicted molar refractivity (Wildman–Crippen MR) is 32.1 cm³/mol. The Labute approximate surface area is 44.5 Å². The Hall–Kier alpha value is -0.520. The lowest BCUT2D eigenvalue weighted by Gasteiger charge is -2.13. The molecule has 0 bridgehead atoms. The van der Waals surface area contributed by atoms with Gasteiger partial charge in [0.05, 0.1) is 0 Å². The van der Waals surface area contributed by atoms with Crippen molar-refractivity contribution in [3.05, 3.63) is 24.8 Å². The highest BCUT2D eigenvalue weighted by molar-refractivity contribution is 5.03. The van der Waals surface area contributed by atoms with Crippen molar-refractivity contribution in [1.82, 2.24) is 0 Å². The number of rotatable bonds is 2. The molecule has 0 aliphatic heterocycles. The largest absolute Gasteiger partial charge is 0.103 e. The molecule has 0 fully saturated rings. The molecule has 0 aromatic heterocycles. The van der Waals surface area contributed by atoms with Crippen molar-refractivity contribution in [2.75, 3.05) is 0 Å². The number of allylic oxidation sites excluding steroid dienone is 3. The molecule has 0 saturated carbocycles. The van der Waals surface area contributed by atoms with Crippen LogP contribution in [-0.2, 0) is 0 Å². The van der Waals surface area contributed by atoms with E-state index in [1.807, 2.05) is 6.08 Å². The molecule has 0 saturated heterocycles. The fourth-order valence-electron chi connectivity index (χ4n) is 0.717. The smallest absolute Gasteiger partial charge is 0.0164 e. The molecule has 0 radical (unpaired) electrons. The highest BCUT2D eigenvalue weighted by Crippen LogP contribution is 2.19. The summed E-state index contributed by atoms with van der Waals surface area (Å²) in [5.41, 5.74) is 0. The molecule has 0 aromatic rings. The van der Waals surface area contributed by atoms with Gasteiger partial charge in [-0.25, -0.2) is 0 Å². The average Bonchev–Trinajstić information content (AvgIpc) is 1.55. The third kappa shape index (κ3) is 0.923. The summed E-state index contributed by atoms with van der Waals surface area (Å²) in [5.74, 6) is 0.831. The van der Waals surface area contributed by atoms with Gasteiger partial charge in [-0.15, -0.1) is 6.58 Å². The van der Waals surface area contributed by atoms with Crippen LogP contribution in [0.15, 0.2) is 24.8 Å². The SMILES string of the molecule is C=CCC1C=CC1. The minimum atomic E-state index is 0.831. The monoisotopic (exact) mass is 94.1 g/mol. The molecular formula is C7H10. The lowest BCUT2D eigenvalue weighted by molar-refractivity contribution is 0.622. The van der Waals surface area contributed by atoms with Crippen LogP contribution < -0.4 is 0 Å². The van der Waals surface area contributed by atoms with E-state index in [0.29, 0.717) is 0 Å². The Morgan fingerprint density at radius 2 is 2.57 bits per heavy atom. The van der Waals surface area contributed by atoms with Crippen molar-refractivity contribution in [1.29, 1.82) is 0 Å². The van der Waals surface area contributed by atoms with Crippen LogP contribution in [0.3, 0.4) is 0 Å². The van der Waals surface area contributed by atoms with Crippen molar-refractivity contribution in [3.8, 4) is 0 Å². The van der Waals surface area contributed by atoms with Crippen LogP contribution in [0.4, 0.5) is 0 Å². The lowest BCUT2D eigenvalue weighted by Crippen LogP contribution is -1.99. The van der Waals surface area contributed by atoms with Gasteiger partial charge >= 0.3 is 0 Å². The fraction of sp³-hybridized carbons (Fsp3) is 0.429. The van der Waals surface area contributed by atoms with E-state index in [2.05, 4.69) is 18.7 Å². The summed E-state index contributed by atoms with van der Waals surface area (Å²) >= 11 is 0. The van der Waals surface area contributed by atoms with Crippen LogP contribution in [0.1, 0.15) is 12.8 Å². The second-order valence-electron chi connectivity index (χ2n) is 1.95. The molecule has 7 heavy (non-hydrogen) atoms. The van der Waals surface area contributed by atoms with E-state index in [1.54, 1.807) is 0 Å². The maximum absolute atomic E-state index is 3.65. The summed E-state index contributed by atoms with van der Waals surface area (Å²) in [5, 5.41) is 0. The average molecular weight is 94.2 g/mol. The van der Waals surface area contributed by atoms with Gasteiger partial charge in [0.2, 0.25) is 0 Å². The summed E-state index contributed by atoms with van der Waals surface area (Å²) in [6.45, 7) is 3.65. The van der Waals surface area contributed by atoms with Crippen LogP contribution in [0.25, 0.3) is 0 Å². The Balaban J connectivity index is 2.17. The molecule has 38 valence electrons. The first-order valence-electron chi connectivity index (χ1n) is 2.71. The van der Waals surface area contributed by atoms with E-state index in [0.717, 1.165) is 12.3 Å². The molecular weight excluding hydrogens is 84.1 g/mol. The topological polar surface area (TPSA) is 0 Å². The zero-order valence-corrected chi connectivity index (χ0v) is 4.43. The third-order valence-corrected chi connectivity index (χ3v) is 1.32. The van der Waals surface area contributed by atoms with E-state index >= 15 is 0 Å². The zero-order chi connectivity index (χ0) is 5.11. The van der Waals surface area contributed by atoms with Gasteiger partial charge in [0.25, 0.3) is 0 Å². The van der Waals surface area contributed by atoms with Crippen molar-refractivity contribution >= 4 is 0 Å². The third-order valence-electron chi connectivity index (χ3n) is 1.32. The molecule has 1 aliphatic carbocycles. The molecule has 1 rings (SSSR count). The minimum Gasteiger partial charge on any atom is -0.103 e. The van der Waals surface area contributed by atoms with Gasteiger partial charge < -0.3 is 0 Å². The Morgan fingerprint density at radius 1 is 1.86 bits per heavy atom. The molecule has 1 atom stereocenters. The molecule has 0 nitrogen and oxygen atoms in total. The molecule has 0 amide bonds. The van der Waals surface area contributed by atoms with E-state index in [4.69, 9.17) is 0 Å². The highest BCUT2D eigenvalue weighted by atomic mass is 14.1. The van der Waals surface area contributed by atoms with Crippen molar-refractivity contribution in [2.45, 2.75) is 12.8 Å². The Morgan fingerprint density at radius 3 is 2.71 bits per heavy atom. The highest BCUT2D eigenvalue weighted by Gasteiger charge is 2.05. The number of hydrogen-bond donors (Lipinski definition) is 0. The molecule has 1 unspecified atom stereocenters. The first-order chi connectivity index (χ1) is 3.43. The first-order valence-corrected chi connectivity index (χ1v) is 2.71. The fourth-order valence-corrected chi connectivity index (χ4v) is 0.717. The Bertz CT molecular complexity index is 90.2. The van der Waals surface area contributed by atoms with E-state index < -0.39 is 0 Å². The van der Waals surface area contributed by atoms with E-state index in [1.165, 1.54) is 6.42 Å². The Kier molecular flexibility index (Phi) is 1.30. The molecule has 0 heterocycles. The summed E-state index contributed by atoms with van der Waals surface area (Å²) < 4.78 is 0. The second kappa shape index (κ2) is 1.97. The maximum atomic E-state index is 3.65.